The molecule has 5 aromatic rings. The van der Waals surface area contributed by atoms with Gasteiger partial charge in [-0.25, -0.2) is 0 Å². The predicted molar refractivity (Wildman–Crippen MR) is 147 cm³/mol. The smallest absolute Gasteiger partial charge is 0.0703 e. The number of anilines is 2. The lowest BCUT2D eigenvalue weighted by atomic mass is 9.97. The van der Waals surface area contributed by atoms with Gasteiger partial charge in [0.25, 0.3) is 0 Å². The van der Waals surface area contributed by atoms with E-state index in [1.165, 1.54) is 27.1 Å². The van der Waals surface area contributed by atoms with E-state index >= 15 is 0 Å². The Balaban J connectivity index is 1.42. The Morgan fingerprint density at radius 1 is 0.647 bits per heavy atom. The van der Waals surface area contributed by atoms with Crippen LogP contribution in [-0.4, -0.2) is 0 Å². The number of halogens is 1. The first-order valence-electron chi connectivity index (χ1n) is 11.4. The molecule has 0 amide bonds. The Labute approximate surface area is 208 Å². The molecule has 0 saturated carbocycles. The maximum absolute atomic E-state index is 3.66. The van der Waals surface area contributed by atoms with E-state index in [2.05, 4.69) is 154 Å². The quantitative estimate of drug-likeness (QED) is 0.264. The molecule has 0 spiro atoms. The maximum atomic E-state index is 3.66. The summed E-state index contributed by atoms with van der Waals surface area (Å²) in [6.07, 6.45) is 6.62. The molecule has 0 bridgehead atoms. The molecule has 0 radical (unpaired) electrons. The van der Waals surface area contributed by atoms with Crippen molar-refractivity contribution in [2.45, 2.75) is 6.04 Å². The molecule has 164 valence electrons. The lowest BCUT2D eigenvalue weighted by Crippen LogP contribution is -2.24. The molecule has 3 heteroatoms. The average Bonchev–Trinajstić information content (AvgIpc) is 2.90. The first-order chi connectivity index (χ1) is 16.8. The highest BCUT2D eigenvalue weighted by Gasteiger charge is 2.20. The Bertz CT molecular complexity index is 1540. The normalized spacial score (nSPS) is 15.2. The fourth-order valence-electron chi connectivity index (χ4n) is 4.75. The Morgan fingerprint density at radius 3 is 2.03 bits per heavy atom. The number of hydrogen-bond acceptors (Lipinski definition) is 2. The predicted octanol–water partition coefficient (Wildman–Crippen LogP) is 8.64. The van der Waals surface area contributed by atoms with E-state index in [0.29, 0.717) is 0 Å². The van der Waals surface area contributed by atoms with E-state index in [0.717, 1.165) is 21.5 Å². The highest BCUT2D eigenvalue weighted by Crippen LogP contribution is 2.37. The maximum Gasteiger partial charge on any atom is 0.0703 e. The number of benzene rings is 5. The van der Waals surface area contributed by atoms with Crippen molar-refractivity contribution in [2.75, 3.05) is 4.90 Å². The van der Waals surface area contributed by atoms with Crippen molar-refractivity contribution in [3.8, 4) is 0 Å². The van der Waals surface area contributed by atoms with Crippen molar-refractivity contribution in [3.05, 3.63) is 143 Å². The van der Waals surface area contributed by atoms with E-state index < -0.39 is 0 Å². The van der Waals surface area contributed by atoms with Gasteiger partial charge in [-0.2, -0.15) is 0 Å². The SMILES string of the molecule is Brc1ccc(N(C2=CNC(c3cccc4ccccc34)C=C2)c2cccc3ccccc23)cc1. The fraction of sp³-hybridized carbons (Fsp3) is 0.0323. The summed E-state index contributed by atoms with van der Waals surface area (Å²) in [4.78, 5) is 2.32. The molecule has 2 nitrogen and oxygen atoms in total. The van der Waals surface area contributed by atoms with Gasteiger partial charge in [0.2, 0.25) is 0 Å². The third kappa shape index (κ3) is 3.78. The number of nitrogens with one attached hydrogen (secondary N) is 1. The molecule has 1 unspecified atom stereocenters. The van der Waals surface area contributed by atoms with Crippen LogP contribution in [0.1, 0.15) is 11.6 Å². The standard InChI is InChI=1S/C31H23BrN2/c32-24-15-17-25(18-16-24)34(31-14-6-10-23-8-2-4-12-28(23)31)26-19-20-30(33-21-26)29-13-5-9-22-7-1-3-11-27(22)29/h1-21,30,33H. The minimum absolute atomic E-state index is 0.120. The van der Waals surface area contributed by atoms with Gasteiger partial charge in [0.05, 0.1) is 17.4 Å². The van der Waals surface area contributed by atoms with Crippen molar-refractivity contribution in [1.82, 2.24) is 5.32 Å². The number of dihydropyridines is 1. The average molecular weight is 503 g/mol. The fourth-order valence-corrected chi connectivity index (χ4v) is 5.01. The summed E-state index contributed by atoms with van der Waals surface area (Å²) in [7, 11) is 0. The van der Waals surface area contributed by atoms with Crippen LogP contribution in [0, 0.1) is 0 Å². The summed E-state index contributed by atoms with van der Waals surface area (Å²) < 4.78 is 1.07. The van der Waals surface area contributed by atoms with Gasteiger partial charge in [0, 0.05) is 21.7 Å². The second-order valence-electron chi connectivity index (χ2n) is 8.45. The van der Waals surface area contributed by atoms with Crippen LogP contribution in [0.15, 0.2) is 138 Å². The van der Waals surface area contributed by atoms with E-state index in [9.17, 15) is 0 Å². The number of nitrogens with zero attached hydrogens (tertiary/aromatic N) is 1. The Hall–Kier alpha value is -3.82. The molecule has 5 aromatic carbocycles. The van der Waals surface area contributed by atoms with Crippen molar-refractivity contribution >= 4 is 48.8 Å². The first-order valence-corrected chi connectivity index (χ1v) is 12.2. The molecule has 0 aliphatic carbocycles. The van der Waals surface area contributed by atoms with Gasteiger partial charge in [-0.1, -0.05) is 101 Å². The molecule has 0 saturated heterocycles. The number of hydrogen-bond donors (Lipinski definition) is 1. The van der Waals surface area contributed by atoms with E-state index in [1.54, 1.807) is 0 Å². The van der Waals surface area contributed by atoms with Crippen molar-refractivity contribution in [1.29, 1.82) is 0 Å². The number of allylic oxidation sites excluding steroid dienone is 1. The summed E-state index contributed by atoms with van der Waals surface area (Å²) in [5, 5.41) is 8.65. The first kappa shape index (κ1) is 20.8. The summed E-state index contributed by atoms with van der Waals surface area (Å²) in [5.74, 6) is 0. The minimum Gasteiger partial charge on any atom is -0.379 e. The van der Waals surface area contributed by atoms with Crippen LogP contribution < -0.4 is 10.2 Å². The minimum atomic E-state index is 0.120. The van der Waals surface area contributed by atoms with Gasteiger partial charge in [0.1, 0.15) is 0 Å². The largest absolute Gasteiger partial charge is 0.379 e. The van der Waals surface area contributed by atoms with Crippen molar-refractivity contribution < 1.29 is 0 Å². The van der Waals surface area contributed by atoms with Gasteiger partial charge >= 0.3 is 0 Å². The van der Waals surface area contributed by atoms with E-state index in [4.69, 9.17) is 0 Å². The molecule has 0 fully saturated rings. The molecule has 0 aromatic heterocycles. The third-order valence-electron chi connectivity index (χ3n) is 6.38. The summed E-state index contributed by atoms with van der Waals surface area (Å²) >= 11 is 3.58. The van der Waals surface area contributed by atoms with Gasteiger partial charge in [-0.15, -0.1) is 0 Å². The van der Waals surface area contributed by atoms with Gasteiger partial charge in [-0.3, -0.25) is 0 Å². The topological polar surface area (TPSA) is 15.3 Å². The zero-order valence-corrected chi connectivity index (χ0v) is 20.1. The second kappa shape index (κ2) is 8.85. The summed E-state index contributed by atoms with van der Waals surface area (Å²) in [6, 6.07) is 38.7. The number of fused-ring (bicyclic) bond motifs is 2. The van der Waals surface area contributed by atoms with Crippen molar-refractivity contribution in [2.24, 2.45) is 0 Å². The van der Waals surface area contributed by atoms with Gasteiger partial charge in [0.15, 0.2) is 0 Å². The van der Waals surface area contributed by atoms with Crippen LogP contribution in [0.25, 0.3) is 21.5 Å². The van der Waals surface area contributed by atoms with E-state index in [1.807, 2.05) is 0 Å². The molecular formula is C31H23BrN2. The number of rotatable bonds is 4. The van der Waals surface area contributed by atoms with Gasteiger partial charge < -0.3 is 10.2 Å². The molecule has 6 rings (SSSR count). The molecule has 1 heterocycles. The molecule has 1 N–H and O–H groups in total. The third-order valence-corrected chi connectivity index (χ3v) is 6.91. The van der Waals surface area contributed by atoms with Crippen LogP contribution in [0.4, 0.5) is 11.4 Å². The van der Waals surface area contributed by atoms with Crippen LogP contribution in [0.3, 0.4) is 0 Å². The highest BCUT2D eigenvalue weighted by molar-refractivity contribution is 9.10. The molecule has 1 atom stereocenters. The summed E-state index contributed by atoms with van der Waals surface area (Å²) in [5.41, 5.74) is 4.64. The molecular weight excluding hydrogens is 480 g/mol. The monoisotopic (exact) mass is 502 g/mol. The zero-order chi connectivity index (χ0) is 22.9. The lowest BCUT2D eigenvalue weighted by Gasteiger charge is -2.30. The Kier molecular flexibility index (Phi) is 5.40. The molecule has 1 aliphatic heterocycles. The van der Waals surface area contributed by atoms with Crippen LogP contribution >= 0.6 is 15.9 Å². The zero-order valence-electron chi connectivity index (χ0n) is 18.5. The van der Waals surface area contributed by atoms with E-state index in [-0.39, 0.29) is 6.04 Å². The Morgan fingerprint density at radius 2 is 1.29 bits per heavy atom. The second-order valence-corrected chi connectivity index (χ2v) is 9.37. The molecule has 1 aliphatic rings. The highest BCUT2D eigenvalue weighted by atomic mass is 79.9. The lowest BCUT2D eigenvalue weighted by molar-refractivity contribution is 0.742. The van der Waals surface area contributed by atoms with Crippen LogP contribution in [0.5, 0.6) is 0 Å². The summed E-state index contributed by atoms with van der Waals surface area (Å²) in [6.45, 7) is 0. The van der Waals surface area contributed by atoms with Gasteiger partial charge in [-0.05, 0) is 58.1 Å². The van der Waals surface area contributed by atoms with Crippen LogP contribution in [0.2, 0.25) is 0 Å². The molecule has 34 heavy (non-hydrogen) atoms. The van der Waals surface area contributed by atoms with Crippen molar-refractivity contribution in [3.63, 3.8) is 0 Å². The van der Waals surface area contributed by atoms with Crippen LogP contribution in [-0.2, 0) is 0 Å².